The van der Waals surface area contributed by atoms with E-state index in [1.54, 1.807) is 0 Å². The van der Waals surface area contributed by atoms with Gasteiger partial charge in [0.15, 0.2) is 5.96 Å². The van der Waals surface area contributed by atoms with Gasteiger partial charge in [-0.15, -0.1) is 0 Å². The first-order valence-corrected chi connectivity index (χ1v) is 8.04. The maximum absolute atomic E-state index is 8.74. The highest BCUT2D eigenvalue weighted by Crippen LogP contribution is 2.03. The lowest BCUT2D eigenvalue weighted by Crippen LogP contribution is -2.41. The number of nitrogens with one attached hydrogen (secondary N) is 2. The van der Waals surface area contributed by atoms with Gasteiger partial charge in [-0.2, -0.15) is 8.42 Å². The van der Waals surface area contributed by atoms with Crippen molar-refractivity contribution >= 4 is 16.4 Å². The summed E-state index contributed by atoms with van der Waals surface area (Å²) in [7, 11) is -4.67. The van der Waals surface area contributed by atoms with Crippen LogP contribution in [0.3, 0.4) is 0 Å². The third-order valence-corrected chi connectivity index (χ3v) is 2.43. The van der Waals surface area contributed by atoms with Crippen molar-refractivity contribution in [3.63, 3.8) is 0 Å². The Morgan fingerprint density at radius 2 is 1.91 bits per heavy atom. The van der Waals surface area contributed by atoms with E-state index in [-0.39, 0.29) is 12.0 Å². The molecule has 0 aliphatic rings. The molecule has 126 valence electrons. The number of rotatable bonds is 7. The predicted octanol–water partition coefficient (Wildman–Crippen LogP) is 1.20. The van der Waals surface area contributed by atoms with Crippen LogP contribution >= 0.6 is 0 Å². The Balaban J connectivity index is 0.000000763. The molecule has 22 heavy (non-hydrogen) atoms. The number of hydrogen-bond acceptors (Lipinski definition) is 4. The van der Waals surface area contributed by atoms with E-state index in [0.29, 0.717) is 13.2 Å². The van der Waals surface area contributed by atoms with Gasteiger partial charge in [0.1, 0.15) is 0 Å². The average Bonchev–Trinajstić information content (AvgIpc) is 2.37. The van der Waals surface area contributed by atoms with Crippen LogP contribution < -0.4 is 11.1 Å². The quantitative estimate of drug-likeness (QED) is 0.286. The zero-order valence-corrected chi connectivity index (χ0v) is 13.2. The molecule has 0 heterocycles. The molecule has 1 unspecified atom stereocenters. The lowest BCUT2D eigenvalue weighted by molar-refractivity contribution is 0.101. The summed E-state index contributed by atoms with van der Waals surface area (Å²) in [6, 6.07) is 10.2. The van der Waals surface area contributed by atoms with Gasteiger partial charge < -0.3 is 15.8 Å². The van der Waals surface area contributed by atoms with Crippen LogP contribution in [0.1, 0.15) is 25.3 Å². The summed E-state index contributed by atoms with van der Waals surface area (Å²) in [5.41, 5.74) is 6.48. The van der Waals surface area contributed by atoms with Crippen LogP contribution in [0.25, 0.3) is 0 Å². The maximum atomic E-state index is 8.74. The van der Waals surface area contributed by atoms with Crippen molar-refractivity contribution in [3.05, 3.63) is 35.9 Å². The van der Waals surface area contributed by atoms with Gasteiger partial charge in [-0.3, -0.25) is 14.5 Å². The van der Waals surface area contributed by atoms with Gasteiger partial charge in [0.05, 0.1) is 19.3 Å². The van der Waals surface area contributed by atoms with Gasteiger partial charge in [-0.25, -0.2) is 0 Å². The van der Waals surface area contributed by atoms with E-state index in [2.05, 4.69) is 12.2 Å². The molecule has 0 aromatic heterocycles. The first-order valence-electron chi connectivity index (χ1n) is 6.64. The monoisotopic (exact) mass is 333 g/mol. The van der Waals surface area contributed by atoms with E-state index in [9.17, 15) is 0 Å². The molecule has 9 heteroatoms. The lowest BCUT2D eigenvalue weighted by Gasteiger charge is -2.18. The first kappa shape index (κ1) is 20.3. The minimum atomic E-state index is -4.67. The van der Waals surface area contributed by atoms with E-state index >= 15 is 0 Å². The van der Waals surface area contributed by atoms with Gasteiger partial charge in [-0.05, 0) is 12.0 Å². The molecule has 0 spiro atoms. The van der Waals surface area contributed by atoms with Crippen LogP contribution in [0.4, 0.5) is 0 Å². The van der Waals surface area contributed by atoms with Gasteiger partial charge in [-0.1, -0.05) is 43.7 Å². The number of nitrogens with two attached hydrogens (primary N) is 1. The number of benzene rings is 1. The molecule has 1 aromatic rings. The lowest BCUT2D eigenvalue weighted by atomic mass is 10.2. The summed E-state index contributed by atoms with van der Waals surface area (Å²) >= 11 is 0. The average molecular weight is 333 g/mol. The standard InChI is InChI=1S/C13H21N3O.H2O4S/c1-2-6-12(16-13(14)15)10-17-9-11-7-4-3-5-8-11;1-5(2,3)4/h3-5,7-8,12H,2,6,9-10H2,1H3,(H4,14,15,16);(H2,1,2,3,4). The van der Waals surface area contributed by atoms with Crippen molar-refractivity contribution in [2.75, 3.05) is 6.61 Å². The summed E-state index contributed by atoms with van der Waals surface area (Å²) in [5.74, 6) is 0.00626. The van der Waals surface area contributed by atoms with E-state index in [4.69, 9.17) is 33.4 Å². The van der Waals surface area contributed by atoms with Crippen LogP contribution in [0, 0.1) is 5.41 Å². The molecule has 0 fully saturated rings. The molecule has 0 aliphatic carbocycles. The fourth-order valence-electron chi connectivity index (χ4n) is 1.66. The highest BCUT2D eigenvalue weighted by Gasteiger charge is 2.07. The zero-order chi connectivity index (χ0) is 17.0. The van der Waals surface area contributed by atoms with Crippen LogP contribution in [-0.4, -0.2) is 36.1 Å². The highest BCUT2D eigenvalue weighted by atomic mass is 32.3. The number of hydrogen-bond donors (Lipinski definition) is 5. The van der Waals surface area contributed by atoms with Crippen molar-refractivity contribution < 1.29 is 22.3 Å². The van der Waals surface area contributed by atoms with Gasteiger partial charge >= 0.3 is 10.4 Å². The second-order valence-corrected chi connectivity index (χ2v) is 5.39. The summed E-state index contributed by atoms with van der Waals surface area (Å²) in [6.07, 6.45) is 1.99. The topological polar surface area (TPSA) is 146 Å². The Bertz CT molecular complexity index is 514. The molecule has 1 atom stereocenters. The Hall–Kier alpha value is -1.68. The Morgan fingerprint density at radius 3 is 2.36 bits per heavy atom. The van der Waals surface area contributed by atoms with E-state index in [0.717, 1.165) is 18.4 Å². The molecule has 8 nitrogen and oxygen atoms in total. The van der Waals surface area contributed by atoms with Gasteiger partial charge in [0, 0.05) is 0 Å². The SMILES string of the molecule is CCCC(COCc1ccccc1)NC(=N)N.O=S(=O)(O)O. The molecule has 0 bridgehead atoms. The molecule has 0 radical (unpaired) electrons. The van der Waals surface area contributed by atoms with Crippen LogP contribution in [0.15, 0.2) is 30.3 Å². The van der Waals surface area contributed by atoms with Crippen molar-refractivity contribution in [3.8, 4) is 0 Å². The van der Waals surface area contributed by atoms with E-state index < -0.39 is 10.4 Å². The van der Waals surface area contributed by atoms with Crippen molar-refractivity contribution in [2.45, 2.75) is 32.4 Å². The fourth-order valence-corrected chi connectivity index (χ4v) is 1.66. The molecular weight excluding hydrogens is 310 g/mol. The molecule has 6 N–H and O–H groups in total. The first-order chi connectivity index (χ1) is 10.2. The normalized spacial score (nSPS) is 12.0. The van der Waals surface area contributed by atoms with Gasteiger partial charge in [0.2, 0.25) is 0 Å². The Kier molecular flexibility index (Phi) is 10.1. The summed E-state index contributed by atoms with van der Waals surface area (Å²) in [4.78, 5) is 0. The molecule has 0 aliphatic heterocycles. The molecule has 0 saturated heterocycles. The molecule has 1 aromatic carbocycles. The summed E-state index contributed by atoms with van der Waals surface area (Å²) in [6.45, 7) is 3.27. The second kappa shape index (κ2) is 11.0. The van der Waals surface area contributed by atoms with Crippen molar-refractivity contribution in [1.29, 1.82) is 5.41 Å². The largest absolute Gasteiger partial charge is 0.394 e. The zero-order valence-electron chi connectivity index (χ0n) is 12.4. The third-order valence-electron chi connectivity index (χ3n) is 2.43. The van der Waals surface area contributed by atoms with Crippen LogP contribution in [-0.2, 0) is 21.7 Å². The summed E-state index contributed by atoms with van der Waals surface area (Å²) in [5, 5.41) is 10.1. The fraction of sp³-hybridized carbons (Fsp3) is 0.462. The molecule has 0 saturated carbocycles. The molecular formula is C13H23N3O5S. The van der Waals surface area contributed by atoms with Crippen molar-refractivity contribution in [2.24, 2.45) is 5.73 Å². The number of guanidine groups is 1. The molecule has 1 rings (SSSR count). The smallest absolute Gasteiger partial charge is 0.375 e. The Morgan fingerprint density at radius 1 is 1.36 bits per heavy atom. The number of ether oxygens (including phenoxy) is 1. The van der Waals surface area contributed by atoms with Crippen LogP contribution in [0.2, 0.25) is 0 Å². The summed E-state index contributed by atoms with van der Waals surface area (Å²) < 4.78 is 37.2. The van der Waals surface area contributed by atoms with Crippen LogP contribution in [0.5, 0.6) is 0 Å². The Labute approximate surface area is 130 Å². The minimum Gasteiger partial charge on any atom is -0.375 e. The highest BCUT2D eigenvalue weighted by molar-refractivity contribution is 7.79. The van der Waals surface area contributed by atoms with E-state index in [1.165, 1.54) is 0 Å². The third kappa shape index (κ3) is 14.7. The minimum absolute atomic E-state index is 0.00626. The maximum Gasteiger partial charge on any atom is 0.394 e. The molecule has 0 amide bonds. The second-order valence-electron chi connectivity index (χ2n) is 4.49. The predicted molar refractivity (Wildman–Crippen MR) is 84.0 cm³/mol. The van der Waals surface area contributed by atoms with E-state index in [1.807, 2.05) is 30.3 Å². The van der Waals surface area contributed by atoms with Gasteiger partial charge in [0.25, 0.3) is 0 Å². The van der Waals surface area contributed by atoms with Crippen molar-refractivity contribution in [1.82, 2.24) is 5.32 Å².